The molecule has 0 saturated carbocycles. The van der Waals surface area contributed by atoms with E-state index in [2.05, 4.69) is 69.6 Å². The molecule has 4 heterocycles. The Morgan fingerprint density at radius 1 is 0.704 bits per heavy atom. The lowest BCUT2D eigenvalue weighted by Crippen LogP contribution is -2.50. The van der Waals surface area contributed by atoms with Crippen LogP contribution in [0, 0.1) is 6.92 Å². The Balaban J connectivity index is 0.000000208. The molecule has 284 valence electrons. The third kappa shape index (κ3) is 7.67. The molecule has 0 radical (unpaired) electrons. The summed E-state index contributed by atoms with van der Waals surface area (Å²) in [5.41, 5.74) is 6.34. The predicted octanol–water partition coefficient (Wildman–Crippen LogP) is 9.25. The number of anilines is 2. The van der Waals surface area contributed by atoms with Gasteiger partial charge in [0, 0.05) is 50.4 Å². The molecule has 54 heavy (non-hydrogen) atoms. The highest BCUT2D eigenvalue weighted by Gasteiger charge is 2.43. The molecule has 9 nitrogen and oxygen atoms in total. The van der Waals surface area contributed by atoms with Crippen LogP contribution in [0.25, 0.3) is 11.1 Å². The zero-order valence-corrected chi connectivity index (χ0v) is 36.4. The van der Waals surface area contributed by atoms with E-state index < -0.39 is 23.4 Å². The molecule has 0 aliphatic carbocycles. The van der Waals surface area contributed by atoms with E-state index in [4.69, 9.17) is 43.4 Å². The Morgan fingerprint density at radius 2 is 1.19 bits per heavy atom. The summed E-state index contributed by atoms with van der Waals surface area (Å²) in [6.45, 7) is 14.2. The first-order valence-electron chi connectivity index (χ1n) is 16.4. The highest BCUT2D eigenvalue weighted by molar-refractivity contribution is 8.30. The summed E-state index contributed by atoms with van der Waals surface area (Å²) in [4.78, 5) is 42.0. The number of methoxy groups -OCH3 is 4. The Bertz CT molecular complexity index is 2090. The second-order valence-electron chi connectivity index (χ2n) is 13.2. The van der Waals surface area contributed by atoms with Gasteiger partial charge in [-0.25, -0.2) is 14.4 Å². The van der Waals surface area contributed by atoms with E-state index in [1.54, 1.807) is 0 Å². The van der Waals surface area contributed by atoms with Crippen LogP contribution >= 0.6 is 71.5 Å². The minimum Gasteiger partial charge on any atom is -0.496 e. The maximum Gasteiger partial charge on any atom is 0.346 e. The quantitative estimate of drug-likeness (QED) is 0.102. The first-order valence-corrected chi connectivity index (χ1v) is 20.5. The van der Waals surface area contributed by atoms with Crippen molar-refractivity contribution < 1.29 is 33.3 Å². The molecule has 0 saturated heterocycles. The zero-order valence-electron chi connectivity index (χ0n) is 31.5. The molecular formula is C39H40N2O7S6. The van der Waals surface area contributed by atoms with Gasteiger partial charge in [0.15, 0.2) is 0 Å². The number of carbonyl (C=O) groups excluding carboxylic acids is 3. The van der Waals surface area contributed by atoms with Gasteiger partial charge in [0.05, 0.1) is 52.9 Å². The van der Waals surface area contributed by atoms with Crippen LogP contribution in [0.15, 0.2) is 82.9 Å². The summed E-state index contributed by atoms with van der Waals surface area (Å²) in [5.74, 6) is -1.09. The van der Waals surface area contributed by atoms with Gasteiger partial charge in [-0.1, -0.05) is 108 Å². The molecule has 6 rings (SSSR count). The summed E-state index contributed by atoms with van der Waals surface area (Å²) in [6.07, 6.45) is 0. The topological polar surface area (TPSA) is 103 Å². The van der Waals surface area contributed by atoms with Crippen LogP contribution in [-0.2, 0) is 33.3 Å². The van der Waals surface area contributed by atoms with Gasteiger partial charge in [-0.2, -0.15) is 0 Å². The van der Waals surface area contributed by atoms with Gasteiger partial charge in [0.25, 0.3) is 0 Å². The number of hydrogen-bond acceptors (Lipinski definition) is 15. The van der Waals surface area contributed by atoms with Gasteiger partial charge in [-0.3, -0.25) is 0 Å². The third-order valence-electron chi connectivity index (χ3n) is 9.05. The lowest BCUT2D eigenvalue weighted by molar-refractivity contribution is -0.138. The molecule has 0 atom stereocenters. The highest BCUT2D eigenvalue weighted by atomic mass is 32.2. The first kappa shape index (κ1) is 41.7. The molecule has 0 aromatic heterocycles. The van der Waals surface area contributed by atoms with Crippen molar-refractivity contribution in [3.05, 3.63) is 99.6 Å². The highest BCUT2D eigenvalue weighted by Crippen LogP contribution is 2.57. The van der Waals surface area contributed by atoms with Gasteiger partial charge in [-0.15, -0.1) is 0 Å². The van der Waals surface area contributed by atoms with Crippen molar-refractivity contribution in [2.24, 2.45) is 0 Å². The average molecular weight is 841 g/mol. The Kier molecular flexibility index (Phi) is 12.6. The fraction of sp³-hybridized carbons (Fsp3) is 0.308. The number of para-hydroxylation sites is 1. The van der Waals surface area contributed by atoms with E-state index in [9.17, 15) is 14.4 Å². The van der Waals surface area contributed by atoms with E-state index in [0.29, 0.717) is 15.6 Å². The molecular weight excluding hydrogens is 801 g/mol. The molecule has 2 aromatic carbocycles. The number of nitrogens with zero attached hydrogens (tertiary/aromatic N) is 1. The lowest BCUT2D eigenvalue weighted by atomic mass is 9.84. The van der Waals surface area contributed by atoms with E-state index in [0.717, 1.165) is 51.9 Å². The number of carbonyl (C=O) groups is 3. The van der Waals surface area contributed by atoms with Crippen molar-refractivity contribution in [2.45, 2.75) is 45.7 Å². The van der Waals surface area contributed by atoms with E-state index in [1.807, 2.05) is 31.3 Å². The molecule has 2 aromatic rings. The number of ether oxygens (including phenoxy) is 4. The van der Waals surface area contributed by atoms with Crippen molar-refractivity contribution in [3.8, 4) is 0 Å². The summed E-state index contributed by atoms with van der Waals surface area (Å²) in [6, 6.07) is 14.2. The molecule has 0 fully saturated rings. The Hall–Kier alpha value is -3.47. The van der Waals surface area contributed by atoms with Crippen LogP contribution in [0.5, 0.6) is 0 Å². The fourth-order valence-electron chi connectivity index (χ4n) is 5.83. The van der Waals surface area contributed by atoms with E-state index in [1.165, 1.54) is 81.1 Å². The lowest BCUT2D eigenvalue weighted by Gasteiger charge is -2.44. The summed E-state index contributed by atoms with van der Waals surface area (Å²) >= 11 is 16.9. The molecule has 4 aliphatic heterocycles. The summed E-state index contributed by atoms with van der Waals surface area (Å²) in [5, 5.41) is 3.53. The van der Waals surface area contributed by atoms with Crippen molar-refractivity contribution in [1.29, 1.82) is 0 Å². The number of nitrogens with one attached hydrogen (secondary N) is 1. The Morgan fingerprint density at radius 3 is 1.70 bits per heavy atom. The number of aryl methyl sites for hydroxylation is 1. The SMILES string of the molecule is C=C(OC)C1=C(C(=O)OC)S/C(=C2/C(=S)C(C)(C)Nc3cc(C)ccc32)S1.COC(=O)C1=C(C(=O)OC)SC(=C2C(=S)C(C)(C)N(C)c3ccccc32)S1. The zero-order chi connectivity index (χ0) is 39.9. The second kappa shape index (κ2) is 16.3. The Labute approximate surface area is 343 Å². The van der Waals surface area contributed by atoms with Gasteiger partial charge >= 0.3 is 17.9 Å². The van der Waals surface area contributed by atoms with Crippen molar-refractivity contribution in [1.82, 2.24) is 0 Å². The van der Waals surface area contributed by atoms with Crippen molar-refractivity contribution in [3.63, 3.8) is 0 Å². The summed E-state index contributed by atoms with van der Waals surface area (Å²) < 4.78 is 21.7. The fourth-order valence-corrected chi connectivity index (χ4v) is 12.0. The van der Waals surface area contributed by atoms with E-state index >= 15 is 0 Å². The van der Waals surface area contributed by atoms with Crippen LogP contribution in [-0.4, -0.2) is 74.2 Å². The van der Waals surface area contributed by atoms with Gasteiger partial charge < -0.3 is 29.2 Å². The van der Waals surface area contributed by atoms with Crippen LogP contribution in [0.1, 0.15) is 44.4 Å². The van der Waals surface area contributed by atoms with Crippen molar-refractivity contribution in [2.75, 3.05) is 45.7 Å². The number of thioether (sulfide) groups is 4. The van der Waals surface area contributed by atoms with Crippen LogP contribution in [0.2, 0.25) is 0 Å². The largest absolute Gasteiger partial charge is 0.496 e. The van der Waals surface area contributed by atoms with Gasteiger partial charge in [0.1, 0.15) is 20.5 Å². The minimum absolute atomic E-state index is 0.230. The number of hydrogen-bond donors (Lipinski definition) is 1. The minimum atomic E-state index is -0.560. The van der Waals surface area contributed by atoms with Crippen molar-refractivity contribution >= 4 is 122 Å². The van der Waals surface area contributed by atoms with Crippen LogP contribution in [0.3, 0.4) is 0 Å². The summed E-state index contributed by atoms with van der Waals surface area (Å²) in [7, 11) is 7.50. The van der Waals surface area contributed by atoms with Crippen LogP contribution in [0.4, 0.5) is 11.4 Å². The maximum absolute atomic E-state index is 12.3. The molecule has 0 amide bonds. The third-order valence-corrected chi connectivity index (χ3v) is 15.6. The predicted molar refractivity (Wildman–Crippen MR) is 233 cm³/mol. The normalized spacial score (nSPS) is 19.7. The molecule has 4 aliphatic rings. The van der Waals surface area contributed by atoms with Gasteiger partial charge in [-0.05, 0) is 52.3 Å². The van der Waals surface area contributed by atoms with Crippen LogP contribution < -0.4 is 10.2 Å². The average Bonchev–Trinajstić information content (AvgIpc) is 3.79. The number of esters is 3. The molecule has 15 heteroatoms. The molecule has 0 bridgehead atoms. The number of benzene rings is 2. The van der Waals surface area contributed by atoms with E-state index in [-0.39, 0.29) is 15.3 Å². The molecule has 0 unspecified atom stereocenters. The molecule has 0 spiro atoms. The molecule has 1 N–H and O–H groups in total. The number of rotatable bonds is 5. The monoisotopic (exact) mass is 840 g/mol. The standard InChI is InChI=1S/C20H21NO3S3.C19H19NO4S3/c1-10-7-8-12-13(9-10)21-20(3,4)17(25)14(12)19-26-15(11(2)23-5)16(27-19)18(22)24-6;1-19(2)15(25)12(10-8-6-7-9-11(10)20(19)3)18-26-13(16(21)23-4)14(27-18)17(22)24-5/h7-9,21H,2H2,1,3-6H3;6-9H,1-5H3/b19-14+;. The maximum atomic E-state index is 12.3. The first-order chi connectivity index (χ1) is 25.4. The second-order valence-corrected chi connectivity index (χ2v) is 18.7. The van der Waals surface area contributed by atoms with Gasteiger partial charge in [0.2, 0.25) is 0 Å². The number of thiocarbonyl (C=S) groups is 2. The number of fused-ring (bicyclic) bond motifs is 2. The smallest absolute Gasteiger partial charge is 0.346 e.